The molecule has 0 saturated carbocycles. The van der Waals surface area contributed by atoms with Crippen LogP contribution >= 0.6 is 22.9 Å². The minimum atomic E-state index is 0.674. The van der Waals surface area contributed by atoms with Gasteiger partial charge < -0.3 is 0 Å². The van der Waals surface area contributed by atoms with Crippen molar-refractivity contribution in [1.29, 1.82) is 0 Å². The highest BCUT2D eigenvalue weighted by atomic mass is 35.5. The minimum Gasteiger partial charge on any atom is -0.297 e. The Bertz CT molecular complexity index is 586. The third-order valence-corrected chi connectivity index (χ3v) is 4.76. The van der Waals surface area contributed by atoms with Gasteiger partial charge in [-0.1, -0.05) is 18.5 Å². The second-order valence-corrected chi connectivity index (χ2v) is 5.76. The Morgan fingerprint density at radius 2 is 2.22 bits per heavy atom. The highest BCUT2D eigenvalue weighted by molar-refractivity contribution is 7.13. The lowest BCUT2D eigenvalue weighted by molar-refractivity contribution is 0.112. The van der Waals surface area contributed by atoms with E-state index in [0.717, 1.165) is 39.6 Å². The minimum absolute atomic E-state index is 0.674. The van der Waals surface area contributed by atoms with Crippen molar-refractivity contribution in [2.75, 3.05) is 0 Å². The van der Waals surface area contributed by atoms with Crippen molar-refractivity contribution in [3.8, 4) is 0 Å². The summed E-state index contributed by atoms with van der Waals surface area (Å²) in [5, 5.41) is 5.14. The van der Waals surface area contributed by atoms with Crippen LogP contribution < -0.4 is 0 Å². The van der Waals surface area contributed by atoms with Crippen molar-refractivity contribution in [1.82, 2.24) is 9.78 Å². The van der Waals surface area contributed by atoms with E-state index < -0.39 is 0 Å². The number of nitrogens with zero attached hydrogens (tertiary/aromatic N) is 2. The van der Waals surface area contributed by atoms with E-state index in [2.05, 4.69) is 12.0 Å². The number of aryl methyl sites for hydroxylation is 2. The molecule has 0 aromatic carbocycles. The van der Waals surface area contributed by atoms with Crippen molar-refractivity contribution in [2.24, 2.45) is 0 Å². The normalized spacial score (nSPS) is 10.9. The van der Waals surface area contributed by atoms with Crippen LogP contribution in [0.15, 0.2) is 6.07 Å². The van der Waals surface area contributed by atoms with Crippen LogP contribution in [-0.2, 0) is 13.0 Å². The summed E-state index contributed by atoms with van der Waals surface area (Å²) in [7, 11) is 0. The molecule has 18 heavy (non-hydrogen) atoms. The predicted molar refractivity (Wildman–Crippen MR) is 74.9 cm³/mol. The summed E-state index contributed by atoms with van der Waals surface area (Å²) in [6.45, 7) is 6.63. The predicted octanol–water partition coefficient (Wildman–Crippen LogP) is 3.64. The van der Waals surface area contributed by atoms with E-state index in [0.29, 0.717) is 6.54 Å². The summed E-state index contributed by atoms with van der Waals surface area (Å²) < 4.78 is 1.90. The molecule has 2 aromatic rings. The molecule has 5 heteroatoms. The zero-order valence-corrected chi connectivity index (χ0v) is 12.2. The molecule has 0 spiro atoms. The fraction of sp³-hybridized carbons (Fsp3) is 0.385. The molecule has 0 amide bonds. The quantitative estimate of drug-likeness (QED) is 0.803. The van der Waals surface area contributed by atoms with Crippen LogP contribution in [-0.4, -0.2) is 16.1 Å². The molecule has 0 saturated heterocycles. The van der Waals surface area contributed by atoms with Crippen molar-refractivity contribution in [3.05, 3.63) is 37.8 Å². The van der Waals surface area contributed by atoms with Crippen molar-refractivity contribution in [2.45, 2.75) is 33.7 Å². The van der Waals surface area contributed by atoms with Crippen LogP contribution in [0.2, 0.25) is 5.02 Å². The van der Waals surface area contributed by atoms with Gasteiger partial charge in [0.1, 0.15) is 0 Å². The van der Waals surface area contributed by atoms with Crippen LogP contribution in [0.3, 0.4) is 0 Å². The van der Waals surface area contributed by atoms with Crippen LogP contribution in [0.1, 0.15) is 38.4 Å². The number of halogens is 1. The largest absolute Gasteiger partial charge is 0.297 e. The Hall–Kier alpha value is -1.13. The fourth-order valence-corrected chi connectivity index (χ4v) is 3.04. The van der Waals surface area contributed by atoms with Gasteiger partial charge in [-0.05, 0) is 31.9 Å². The molecule has 2 rings (SSSR count). The number of aldehydes is 1. The molecule has 2 aromatic heterocycles. The smallest absolute Gasteiger partial charge is 0.160 e. The van der Waals surface area contributed by atoms with Gasteiger partial charge in [0.2, 0.25) is 0 Å². The van der Waals surface area contributed by atoms with Crippen LogP contribution in [0.5, 0.6) is 0 Å². The Balaban J connectivity index is 2.35. The molecule has 96 valence electrons. The van der Waals surface area contributed by atoms with E-state index in [4.69, 9.17) is 11.6 Å². The van der Waals surface area contributed by atoms with E-state index in [9.17, 15) is 4.79 Å². The van der Waals surface area contributed by atoms with Crippen LogP contribution in [0, 0.1) is 13.8 Å². The molecule has 0 aliphatic heterocycles. The third kappa shape index (κ3) is 2.35. The Morgan fingerprint density at radius 1 is 1.50 bits per heavy atom. The maximum atomic E-state index is 10.8. The van der Waals surface area contributed by atoms with E-state index in [1.54, 1.807) is 11.3 Å². The van der Waals surface area contributed by atoms with E-state index >= 15 is 0 Å². The van der Waals surface area contributed by atoms with Crippen LogP contribution in [0.4, 0.5) is 0 Å². The summed E-state index contributed by atoms with van der Waals surface area (Å²) in [5.74, 6) is 0. The summed E-state index contributed by atoms with van der Waals surface area (Å²) >= 11 is 7.69. The van der Waals surface area contributed by atoms with Gasteiger partial charge in [-0.2, -0.15) is 5.10 Å². The third-order valence-electron chi connectivity index (χ3n) is 2.97. The Morgan fingerprint density at radius 3 is 2.72 bits per heavy atom. The lowest BCUT2D eigenvalue weighted by Gasteiger charge is -2.04. The maximum Gasteiger partial charge on any atom is 0.160 e. The molecule has 0 bridgehead atoms. The SMILES string of the molecule is CCc1sc(C=O)cc1Cn1nc(C)c(Cl)c1C. The molecule has 0 fully saturated rings. The van der Waals surface area contributed by atoms with E-state index in [1.807, 2.05) is 24.6 Å². The molecular formula is C13H15ClN2OS. The first-order chi connectivity index (χ1) is 8.56. The van der Waals surface area contributed by atoms with Gasteiger partial charge in [0.05, 0.1) is 27.8 Å². The lowest BCUT2D eigenvalue weighted by Crippen LogP contribution is -2.04. The maximum absolute atomic E-state index is 10.8. The average molecular weight is 283 g/mol. The Labute approximate surface area is 115 Å². The second kappa shape index (κ2) is 5.24. The molecule has 0 aliphatic rings. The standard InChI is InChI=1S/C13H15ClN2OS/c1-4-12-10(5-11(7-17)18-12)6-16-9(3)13(14)8(2)15-16/h5,7H,4,6H2,1-3H3. The molecule has 3 nitrogen and oxygen atoms in total. The zero-order valence-electron chi connectivity index (χ0n) is 10.7. The number of rotatable bonds is 4. The van der Waals surface area contributed by atoms with Crippen molar-refractivity contribution < 1.29 is 4.79 Å². The van der Waals surface area contributed by atoms with E-state index in [-0.39, 0.29) is 0 Å². The highest BCUT2D eigenvalue weighted by Gasteiger charge is 2.13. The lowest BCUT2D eigenvalue weighted by atomic mass is 10.2. The monoisotopic (exact) mass is 282 g/mol. The summed E-state index contributed by atoms with van der Waals surface area (Å²) in [6, 6.07) is 1.95. The first-order valence-electron chi connectivity index (χ1n) is 5.83. The highest BCUT2D eigenvalue weighted by Crippen LogP contribution is 2.25. The number of carbonyl (C=O) groups excluding carboxylic acids is 1. The van der Waals surface area contributed by atoms with Gasteiger partial charge in [-0.15, -0.1) is 11.3 Å². The fourth-order valence-electron chi connectivity index (χ4n) is 1.97. The van der Waals surface area contributed by atoms with Gasteiger partial charge in [-0.25, -0.2) is 0 Å². The molecule has 2 heterocycles. The zero-order chi connectivity index (χ0) is 13.3. The Kier molecular flexibility index (Phi) is 3.88. The number of carbonyl (C=O) groups is 1. The molecule has 0 unspecified atom stereocenters. The summed E-state index contributed by atoms with van der Waals surface area (Å²) in [6.07, 6.45) is 1.84. The van der Waals surface area contributed by atoms with Crippen molar-refractivity contribution >= 4 is 29.2 Å². The topological polar surface area (TPSA) is 34.9 Å². The van der Waals surface area contributed by atoms with Crippen molar-refractivity contribution in [3.63, 3.8) is 0 Å². The molecule has 0 aliphatic carbocycles. The summed E-state index contributed by atoms with van der Waals surface area (Å²) in [5.41, 5.74) is 2.97. The number of hydrogen-bond acceptors (Lipinski definition) is 3. The number of thiophene rings is 1. The molecule has 0 N–H and O–H groups in total. The molecule has 0 atom stereocenters. The number of hydrogen-bond donors (Lipinski definition) is 0. The summed E-state index contributed by atoms with van der Waals surface area (Å²) in [4.78, 5) is 12.8. The molecular weight excluding hydrogens is 268 g/mol. The first-order valence-corrected chi connectivity index (χ1v) is 7.02. The van der Waals surface area contributed by atoms with Gasteiger partial charge in [0.15, 0.2) is 6.29 Å². The van der Waals surface area contributed by atoms with Gasteiger partial charge in [0, 0.05) is 4.88 Å². The van der Waals surface area contributed by atoms with E-state index in [1.165, 1.54) is 4.88 Å². The van der Waals surface area contributed by atoms with Gasteiger partial charge in [-0.3, -0.25) is 9.48 Å². The average Bonchev–Trinajstić information content (AvgIpc) is 2.87. The van der Waals surface area contributed by atoms with Crippen LogP contribution in [0.25, 0.3) is 0 Å². The second-order valence-electron chi connectivity index (χ2n) is 4.21. The number of aromatic nitrogens is 2. The molecule has 0 radical (unpaired) electrons. The van der Waals surface area contributed by atoms with Gasteiger partial charge in [0.25, 0.3) is 0 Å². The van der Waals surface area contributed by atoms with Gasteiger partial charge >= 0.3 is 0 Å². The first kappa shape index (κ1) is 13.3.